The van der Waals surface area contributed by atoms with Crippen molar-refractivity contribution in [3.63, 3.8) is 0 Å². The van der Waals surface area contributed by atoms with Gasteiger partial charge in [0.25, 0.3) is 5.91 Å². The summed E-state index contributed by atoms with van der Waals surface area (Å²) in [5, 5.41) is 3.39. The Labute approximate surface area is 144 Å². The van der Waals surface area contributed by atoms with Gasteiger partial charge in [0.05, 0.1) is 7.11 Å². The Bertz CT molecular complexity index is 843. The van der Waals surface area contributed by atoms with Crippen LogP contribution in [0.25, 0.3) is 11.3 Å². The maximum absolute atomic E-state index is 12.4. The fourth-order valence-corrected chi connectivity index (χ4v) is 2.44. The second-order valence-corrected chi connectivity index (χ2v) is 5.51. The summed E-state index contributed by atoms with van der Waals surface area (Å²) in [7, 11) is 1.61. The van der Waals surface area contributed by atoms with Gasteiger partial charge in [0.15, 0.2) is 17.8 Å². The molecule has 0 spiro atoms. The molecule has 122 valence electrons. The Morgan fingerprint density at radius 2 is 2.04 bits per heavy atom. The minimum absolute atomic E-state index is 0.228. The van der Waals surface area contributed by atoms with Crippen molar-refractivity contribution in [3.05, 3.63) is 71.2 Å². The van der Waals surface area contributed by atoms with Crippen LogP contribution in [0.1, 0.15) is 16.1 Å². The Morgan fingerprint density at radius 3 is 2.75 bits per heavy atom. The zero-order valence-corrected chi connectivity index (χ0v) is 13.7. The molecule has 0 radical (unpaired) electrons. The van der Waals surface area contributed by atoms with Crippen LogP contribution in [0.15, 0.2) is 59.3 Å². The fraction of sp³-hybridized carbons (Fsp3) is 0.111. The van der Waals surface area contributed by atoms with E-state index < -0.39 is 0 Å². The van der Waals surface area contributed by atoms with Gasteiger partial charge in [0.1, 0.15) is 5.75 Å². The van der Waals surface area contributed by atoms with E-state index in [1.165, 1.54) is 6.39 Å². The van der Waals surface area contributed by atoms with E-state index in [0.717, 1.165) is 11.3 Å². The molecule has 1 aromatic heterocycles. The molecule has 0 aliphatic heterocycles. The second kappa shape index (κ2) is 7.19. The highest BCUT2D eigenvalue weighted by molar-refractivity contribution is 6.30. The summed E-state index contributed by atoms with van der Waals surface area (Å²) in [5.74, 6) is 0.851. The molecule has 1 heterocycles. The molecule has 0 aliphatic carbocycles. The van der Waals surface area contributed by atoms with Gasteiger partial charge in [0.2, 0.25) is 0 Å². The highest BCUT2D eigenvalue weighted by Gasteiger charge is 2.18. The van der Waals surface area contributed by atoms with Gasteiger partial charge in [-0.15, -0.1) is 0 Å². The Balaban J connectivity index is 1.73. The monoisotopic (exact) mass is 342 g/mol. The number of nitrogens with one attached hydrogen (secondary N) is 1. The first kappa shape index (κ1) is 16.1. The molecule has 0 saturated carbocycles. The van der Waals surface area contributed by atoms with Gasteiger partial charge < -0.3 is 14.5 Å². The minimum atomic E-state index is -0.311. The van der Waals surface area contributed by atoms with E-state index in [2.05, 4.69) is 10.3 Å². The molecule has 0 atom stereocenters. The number of aromatic nitrogens is 1. The van der Waals surface area contributed by atoms with Gasteiger partial charge >= 0.3 is 0 Å². The van der Waals surface area contributed by atoms with Gasteiger partial charge in [-0.2, -0.15) is 0 Å². The van der Waals surface area contributed by atoms with Crippen LogP contribution >= 0.6 is 11.6 Å². The van der Waals surface area contributed by atoms with E-state index in [9.17, 15) is 4.79 Å². The SMILES string of the molecule is COc1ccc(CNC(=O)c2ncoc2-c2cccc(Cl)c2)cc1. The first-order chi connectivity index (χ1) is 11.7. The number of benzene rings is 2. The molecule has 6 heteroatoms. The number of amides is 1. The van der Waals surface area contributed by atoms with Gasteiger partial charge in [-0.05, 0) is 29.8 Å². The average molecular weight is 343 g/mol. The molecule has 0 bridgehead atoms. The van der Waals surface area contributed by atoms with Crippen LogP contribution in [0.3, 0.4) is 0 Å². The van der Waals surface area contributed by atoms with Gasteiger partial charge in [-0.3, -0.25) is 4.79 Å². The molecule has 3 aromatic rings. The predicted molar refractivity (Wildman–Crippen MR) is 91.1 cm³/mol. The van der Waals surface area contributed by atoms with E-state index in [-0.39, 0.29) is 11.6 Å². The highest BCUT2D eigenvalue weighted by Crippen LogP contribution is 2.25. The third-order valence-electron chi connectivity index (χ3n) is 3.48. The maximum atomic E-state index is 12.4. The number of ether oxygens (including phenoxy) is 1. The summed E-state index contributed by atoms with van der Waals surface area (Å²) >= 11 is 5.99. The first-order valence-corrected chi connectivity index (χ1v) is 7.65. The van der Waals surface area contributed by atoms with Crippen molar-refractivity contribution in [1.82, 2.24) is 10.3 Å². The molecule has 0 fully saturated rings. The van der Waals surface area contributed by atoms with Crippen molar-refractivity contribution in [2.45, 2.75) is 6.54 Å². The van der Waals surface area contributed by atoms with E-state index in [4.69, 9.17) is 20.8 Å². The molecule has 24 heavy (non-hydrogen) atoms. The van der Waals surface area contributed by atoms with Crippen LogP contribution < -0.4 is 10.1 Å². The van der Waals surface area contributed by atoms with Crippen LogP contribution in [0.4, 0.5) is 0 Å². The van der Waals surface area contributed by atoms with Crippen molar-refractivity contribution in [2.75, 3.05) is 7.11 Å². The van der Waals surface area contributed by atoms with Crippen molar-refractivity contribution in [2.24, 2.45) is 0 Å². The number of oxazole rings is 1. The predicted octanol–water partition coefficient (Wildman–Crippen LogP) is 3.93. The van der Waals surface area contributed by atoms with E-state index in [0.29, 0.717) is 22.9 Å². The lowest BCUT2D eigenvalue weighted by molar-refractivity contribution is 0.0947. The molecule has 0 saturated heterocycles. The number of nitrogens with zero attached hydrogens (tertiary/aromatic N) is 1. The second-order valence-electron chi connectivity index (χ2n) is 5.07. The summed E-state index contributed by atoms with van der Waals surface area (Å²) < 4.78 is 10.5. The van der Waals surface area contributed by atoms with Crippen molar-refractivity contribution in [1.29, 1.82) is 0 Å². The first-order valence-electron chi connectivity index (χ1n) is 7.28. The molecule has 0 aliphatic rings. The Hall–Kier alpha value is -2.79. The van der Waals surface area contributed by atoms with Crippen LogP contribution in [-0.2, 0) is 6.54 Å². The van der Waals surface area contributed by atoms with Crippen molar-refractivity contribution < 1.29 is 13.9 Å². The Morgan fingerprint density at radius 1 is 1.25 bits per heavy atom. The molecule has 1 N–H and O–H groups in total. The molecule has 1 amide bonds. The lowest BCUT2D eigenvalue weighted by Crippen LogP contribution is -2.23. The van der Waals surface area contributed by atoms with Crippen molar-refractivity contribution >= 4 is 17.5 Å². The number of rotatable bonds is 5. The average Bonchev–Trinajstić information content (AvgIpc) is 3.10. The number of halogens is 1. The van der Waals surface area contributed by atoms with Gasteiger partial charge in [-0.1, -0.05) is 35.9 Å². The summed E-state index contributed by atoms with van der Waals surface area (Å²) in [4.78, 5) is 16.4. The van der Waals surface area contributed by atoms with Crippen LogP contribution in [0, 0.1) is 0 Å². The zero-order valence-electron chi connectivity index (χ0n) is 13.0. The van der Waals surface area contributed by atoms with E-state index in [1.54, 1.807) is 25.3 Å². The zero-order chi connectivity index (χ0) is 16.9. The fourth-order valence-electron chi connectivity index (χ4n) is 2.25. The largest absolute Gasteiger partial charge is 0.497 e. The third-order valence-corrected chi connectivity index (χ3v) is 3.72. The van der Waals surface area contributed by atoms with Crippen LogP contribution in [0.2, 0.25) is 5.02 Å². The smallest absolute Gasteiger partial charge is 0.274 e. The standard InChI is InChI=1S/C18H15ClN2O3/c1-23-15-7-5-12(6-8-15)10-20-18(22)16-17(24-11-21-16)13-3-2-4-14(19)9-13/h2-9,11H,10H2,1H3,(H,20,22). The lowest BCUT2D eigenvalue weighted by Gasteiger charge is -2.06. The molecular formula is C18H15ClN2O3. The van der Waals surface area contributed by atoms with Gasteiger partial charge in [0, 0.05) is 17.1 Å². The number of hydrogen-bond acceptors (Lipinski definition) is 4. The summed E-state index contributed by atoms with van der Waals surface area (Å²) in [6.45, 7) is 0.380. The van der Waals surface area contributed by atoms with Crippen LogP contribution in [0.5, 0.6) is 5.75 Å². The summed E-state index contributed by atoms with van der Waals surface area (Å²) in [6.07, 6.45) is 1.25. The van der Waals surface area contributed by atoms with Crippen molar-refractivity contribution in [3.8, 4) is 17.1 Å². The van der Waals surface area contributed by atoms with E-state index in [1.807, 2.05) is 30.3 Å². The highest BCUT2D eigenvalue weighted by atomic mass is 35.5. The maximum Gasteiger partial charge on any atom is 0.274 e. The van der Waals surface area contributed by atoms with E-state index >= 15 is 0 Å². The number of hydrogen-bond donors (Lipinski definition) is 1. The number of carbonyl (C=O) groups is 1. The third kappa shape index (κ3) is 3.58. The summed E-state index contributed by atoms with van der Waals surface area (Å²) in [5.41, 5.74) is 1.89. The molecule has 3 rings (SSSR count). The molecule has 0 unspecified atom stereocenters. The minimum Gasteiger partial charge on any atom is -0.497 e. The Kier molecular flexibility index (Phi) is 4.82. The molecule has 2 aromatic carbocycles. The number of methoxy groups -OCH3 is 1. The molecular weight excluding hydrogens is 328 g/mol. The summed E-state index contributed by atoms with van der Waals surface area (Å²) in [6, 6.07) is 14.5. The van der Waals surface area contributed by atoms with Crippen LogP contribution in [-0.4, -0.2) is 18.0 Å². The quantitative estimate of drug-likeness (QED) is 0.763. The normalized spacial score (nSPS) is 10.4. The molecule has 5 nitrogen and oxygen atoms in total. The topological polar surface area (TPSA) is 64.4 Å². The number of carbonyl (C=O) groups excluding carboxylic acids is 1. The lowest BCUT2D eigenvalue weighted by atomic mass is 10.1. The van der Waals surface area contributed by atoms with Gasteiger partial charge in [-0.25, -0.2) is 4.98 Å².